The number of aliphatic hydroxyl groups excluding tert-OH is 1. The van der Waals surface area contributed by atoms with Crippen LogP contribution in [0.3, 0.4) is 0 Å². The smallest absolute Gasteiger partial charge is 0.246 e. The van der Waals surface area contributed by atoms with Crippen molar-refractivity contribution in [3.8, 4) is 22.1 Å². The maximum atomic E-state index is 14.3. The number of ether oxygens (including phenoxy) is 1. The van der Waals surface area contributed by atoms with Gasteiger partial charge in [-0.15, -0.1) is 21.5 Å². The molecule has 16 nitrogen and oxygen atoms in total. The van der Waals surface area contributed by atoms with Gasteiger partial charge in [-0.25, -0.2) is 4.98 Å². The van der Waals surface area contributed by atoms with Crippen LogP contribution < -0.4 is 20.7 Å². The lowest BCUT2D eigenvalue weighted by Gasteiger charge is -2.36. The zero-order valence-electron chi connectivity index (χ0n) is 41.8. The molecular formula is C54H61ClN10O6S. The SMILES string of the molecule is Cc1sc2c(c1C)C(c1ccc(Cl)cc1)=N[C@@H](CC(=O)NC1CC(Oc3ccc(CC(=O)N[C@H](C(=O)N4C[C@H](O)C[C@H]4C(=O)N[C@@H](C)c4ccc(-c5nccn5C)cc4)C(C)(C)C)cc3)C1)c1nnc(C)n1-2. The number of nitrogens with one attached hydrogen (secondary N) is 3. The van der Waals surface area contributed by atoms with E-state index in [0.29, 0.717) is 29.4 Å². The van der Waals surface area contributed by atoms with Gasteiger partial charge in [-0.2, -0.15) is 0 Å². The van der Waals surface area contributed by atoms with Gasteiger partial charge in [0, 0.05) is 77.9 Å². The second-order valence-electron chi connectivity index (χ2n) is 20.4. The third kappa shape index (κ3) is 10.6. The second kappa shape index (κ2) is 20.4. The maximum Gasteiger partial charge on any atom is 0.246 e. The van der Waals surface area contributed by atoms with Gasteiger partial charge in [0.1, 0.15) is 46.6 Å². The average Bonchev–Trinajstić information content (AvgIpc) is 4.10. The van der Waals surface area contributed by atoms with Crippen LogP contribution >= 0.6 is 22.9 Å². The van der Waals surface area contributed by atoms with Gasteiger partial charge in [0.2, 0.25) is 23.6 Å². The molecule has 3 aliphatic rings. The predicted octanol–water partition coefficient (Wildman–Crippen LogP) is 7.23. The zero-order chi connectivity index (χ0) is 51.2. The number of aromatic nitrogens is 5. The highest BCUT2D eigenvalue weighted by Gasteiger charge is 2.45. The number of hydrogen-bond acceptors (Lipinski definition) is 11. The molecule has 0 radical (unpaired) electrons. The van der Waals surface area contributed by atoms with Crippen LogP contribution in [-0.2, 0) is 32.6 Å². The number of imidazole rings is 1. The first-order valence-electron chi connectivity index (χ1n) is 24.4. The molecule has 5 atom stereocenters. The number of rotatable bonds is 14. The Bertz CT molecular complexity index is 3020. The summed E-state index contributed by atoms with van der Waals surface area (Å²) < 4.78 is 10.2. The fraction of sp³-hybridized carbons (Fsp3) is 0.407. The molecule has 3 aromatic heterocycles. The van der Waals surface area contributed by atoms with Crippen LogP contribution in [0.4, 0.5) is 0 Å². The Morgan fingerprint density at radius 1 is 0.903 bits per heavy atom. The number of nitrogens with zero attached hydrogens (tertiary/aromatic N) is 7. The summed E-state index contributed by atoms with van der Waals surface area (Å²) in [5, 5.41) is 30.4. The minimum atomic E-state index is -0.963. The Balaban J connectivity index is 0.768. The molecule has 1 aliphatic carbocycles. The molecular weight excluding hydrogens is 952 g/mol. The van der Waals surface area contributed by atoms with Crippen LogP contribution in [0.25, 0.3) is 16.4 Å². The lowest BCUT2D eigenvalue weighted by atomic mass is 9.85. The minimum absolute atomic E-state index is 0.0102. The normalized spacial score (nSPS) is 20.3. The van der Waals surface area contributed by atoms with Gasteiger partial charge in [0.05, 0.1) is 30.7 Å². The van der Waals surface area contributed by atoms with Crippen LogP contribution in [0, 0.1) is 26.2 Å². The molecule has 376 valence electrons. The van der Waals surface area contributed by atoms with Crippen molar-refractivity contribution in [2.75, 3.05) is 6.54 Å². The van der Waals surface area contributed by atoms with Crippen LogP contribution in [-0.4, -0.2) is 101 Å². The molecule has 3 aromatic carbocycles. The molecule has 18 heteroatoms. The van der Waals surface area contributed by atoms with E-state index in [2.05, 4.69) is 45.0 Å². The second-order valence-corrected chi connectivity index (χ2v) is 22.0. The summed E-state index contributed by atoms with van der Waals surface area (Å²) in [6, 6.07) is 19.8. The summed E-state index contributed by atoms with van der Waals surface area (Å²) in [5.41, 5.74) is 5.66. The number of benzene rings is 3. The molecule has 4 amide bonds. The Morgan fingerprint density at radius 3 is 2.26 bits per heavy atom. The fourth-order valence-electron chi connectivity index (χ4n) is 9.73. The molecule has 1 saturated carbocycles. The third-order valence-electron chi connectivity index (χ3n) is 13.9. The highest BCUT2D eigenvalue weighted by atomic mass is 35.5. The van der Waals surface area contributed by atoms with Gasteiger partial charge in [0.25, 0.3) is 0 Å². The number of halogens is 1. The summed E-state index contributed by atoms with van der Waals surface area (Å²) in [6.45, 7) is 13.5. The standard InChI is InChI=1S/C54H61ClN10O6S/c1-29-31(3)72-53-46(29)47(35-15-17-37(55)18-16-35)59-42(50-62-61-32(4)65(50)53)27-45(68)58-38-24-41(25-38)71-40-19-9-33(10-20-40)23-44(67)60-48(54(5,6)7)52(70)64-28-39(66)26-43(64)51(69)57-30(2)34-11-13-36(14-12-34)49-56-21-22-63(49)8/h9-22,30,38-39,41-43,48,66H,23-28H2,1-8H3,(H,57,69)(H,58,68)(H,60,67)/t30-,38?,39+,41?,42-,43-,48+/m0/s1. The van der Waals surface area contributed by atoms with Crippen molar-refractivity contribution < 1.29 is 29.0 Å². The quantitative estimate of drug-likeness (QED) is 0.0870. The topological polar surface area (TPSA) is 198 Å². The molecule has 6 aromatic rings. The van der Waals surface area contributed by atoms with E-state index in [9.17, 15) is 24.3 Å². The summed E-state index contributed by atoms with van der Waals surface area (Å²) in [5.74, 6) is 1.52. The van der Waals surface area contributed by atoms with Gasteiger partial charge in [-0.1, -0.05) is 80.9 Å². The molecule has 9 rings (SSSR count). The van der Waals surface area contributed by atoms with E-state index in [0.717, 1.165) is 55.7 Å². The van der Waals surface area contributed by atoms with Crippen molar-refractivity contribution >= 4 is 52.3 Å². The number of aliphatic imine (C=N–C) groups is 1. The lowest BCUT2D eigenvalue weighted by molar-refractivity contribution is -0.144. The number of aliphatic hydroxyl groups is 1. The third-order valence-corrected chi connectivity index (χ3v) is 15.4. The van der Waals surface area contributed by atoms with Crippen molar-refractivity contribution in [1.82, 2.24) is 45.2 Å². The van der Waals surface area contributed by atoms with Crippen LogP contribution in [0.5, 0.6) is 5.75 Å². The molecule has 72 heavy (non-hydrogen) atoms. The molecule has 4 N–H and O–H groups in total. The largest absolute Gasteiger partial charge is 0.490 e. The van der Waals surface area contributed by atoms with Gasteiger partial charge in [0.15, 0.2) is 5.82 Å². The van der Waals surface area contributed by atoms with Crippen molar-refractivity contribution in [1.29, 1.82) is 0 Å². The molecule has 2 fully saturated rings. The lowest BCUT2D eigenvalue weighted by Crippen LogP contribution is -2.58. The van der Waals surface area contributed by atoms with E-state index >= 15 is 0 Å². The predicted molar refractivity (Wildman–Crippen MR) is 276 cm³/mol. The minimum Gasteiger partial charge on any atom is -0.490 e. The van der Waals surface area contributed by atoms with Gasteiger partial charge in [-0.3, -0.25) is 28.7 Å². The summed E-state index contributed by atoms with van der Waals surface area (Å²) in [6.07, 6.45) is 4.07. The molecule has 0 spiro atoms. The van der Waals surface area contributed by atoms with Crippen molar-refractivity contribution in [2.24, 2.45) is 17.5 Å². The summed E-state index contributed by atoms with van der Waals surface area (Å²) in [4.78, 5) is 67.5. The molecule has 1 saturated heterocycles. The van der Waals surface area contributed by atoms with Crippen LogP contribution in [0.1, 0.15) is 110 Å². The van der Waals surface area contributed by atoms with E-state index < -0.39 is 35.6 Å². The summed E-state index contributed by atoms with van der Waals surface area (Å²) >= 11 is 7.93. The Labute approximate surface area is 428 Å². The number of carbonyl (C=O) groups is 4. The number of hydrogen-bond donors (Lipinski definition) is 4. The first-order chi connectivity index (χ1) is 34.3. The van der Waals surface area contributed by atoms with Crippen LogP contribution in [0.2, 0.25) is 5.02 Å². The van der Waals surface area contributed by atoms with E-state index in [1.807, 2.05) is 130 Å². The highest BCUT2D eigenvalue weighted by Crippen LogP contribution is 2.40. The zero-order valence-corrected chi connectivity index (χ0v) is 43.3. The van der Waals surface area contributed by atoms with Crippen LogP contribution in [0.15, 0.2) is 90.2 Å². The molecule has 0 unspecified atom stereocenters. The van der Waals surface area contributed by atoms with Crippen molar-refractivity contribution in [3.63, 3.8) is 0 Å². The summed E-state index contributed by atoms with van der Waals surface area (Å²) in [7, 11) is 1.93. The highest BCUT2D eigenvalue weighted by molar-refractivity contribution is 7.15. The number of aryl methyl sites for hydroxylation is 3. The van der Waals surface area contributed by atoms with E-state index in [-0.39, 0.29) is 61.7 Å². The van der Waals surface area contributed by atoms with Gasteiger partial charge >= 0.3 is 0 Å². The average molecular weight is 1010 g/mol. The van der Waals surface area contributed by atoms with E-state index in [1.54, 1.807) is 17.5 Å². The number of likely N-dealkylation sites (tertiary alicyclic amines) is 1. The van der Waals surface area contributed by atoms with Gasteiger partial charge in [-0.05, 0) is 74.1 Å². The first-order valence-corrected chi connectivity index (χ1v) is 25.6. The fourth-order valence-corrected chi connectivity index (χ4v) is 11.1. The number of fused-ring (bicyclic) bond motifs is 3. The maximum absolute atomic E-state index is 14.3. The molecule has 0 bridgehead atoms. The van der Waals surface area contributed by atoms with Crippen molar-refractivity contribution in [3.05, 3.63) is 135 Å². The monoisotopic (exact) mass is 1010 g/mol. The van der Waals surface area contributed by atoms with Gasteiger partial charge < -0.3 is 35.3 Å². The van der Waals surface area contributed by atoms with E-state index in [1.165, 1.54) is 9.78 Å². The number of amides is 4. The number of thiophene rings is 1. The Kier molecular flexibility index (Phi) is 14.3. The Morgan fingerprint density at radius 2 is 1.60 bits per heavy atom. The molecule has 2 aliphatic heterocycles. The van der Waals surface area contributed by atoms with Crippen molar-refractivity contribution in [2.45, 2.75) is 123 Å². The number of β-amino-alcohol motifs (C(OH)–C–C–N with tert-alkyl or cyclic N) is 1. The van der Waals surface area contributed by atoms with E-state index in [4.69, 9.17) is 21.3 Å². The Hall–Kier alpha value is -6.69. The molecule has 5 heterocycles. The first kappa shape index (κ1) is 50.3. The number of carbonyl (C=O) groups excluding carboxylic acids is 4.